The van der Waals surface area contributed by atoms with Gasteiger partial charge in [-0.3, -0.25) is 0 Å². The third-order valence-electron chi connectivity index (χ3n) is 5.33. The Bertz CT molecular complexity index is 761. The maximum atomic E-state index is 12.7. The van der Waals surface area contributed by atoms with E-state index in [-0.39, 0.29) is 18.1 Å². The number of likely N-dealkylation sites (tertiary alicyclic amines) is 1. The first-order valence-electron chi connectivity index (χ1n) is 9.69. The second kappa shape index (κ2) is 7.73. The summed E-state index contributed by atoms with van der Waals surface area (Å²) in [5.74, 6) is 6.15. The van der Waals surface area contributed by atoms with Gasteiger partial charge in [-0.1, -0.05) is 29.5 Å². The Morgan fingerprint density at radius 2 is 2.11 bits per heavy atom. The third-order valence-corrected chi connectivity index (χ3v) is 5.56. The highest BCUT2D eigenvalue weighted by Gasteiger charge is 2.48. The van der Waals surface area contributed by atoms with Crippen molar-refractivity contribution in [2.24, 2.45) is 5.92 Å². The molecule has 1 saturated heterocycles. The normalized spacial score (nSPS) is 28.0. The summed E-state index contributed by atoms with van der Waals surface area (Å²) in [6.07, 6.45) is 3.77. The lowest BCUT2D eigenvalue weighted by molar-refractivity contribution is -0.0720. The van der Waals surface area contributed by atoms with Gasteiger partial charge in [0.1, 0.15) is 11.2 Å². The van der Waals surface area contributed by atoms with Crippen molar-refractivity contribution >= 4 is 17.7 Å². The summed E-state index contributed by atoms with van der Waals surface area (Å²) in [7, 11) is 0. The Morgan fingerprint density at radius 3 is 2.81 bits per heavy atom. The summed E-state index contributed by atoms with van der Waals surface area (Å²) in [5, 5.41) is 12.0. The van der Waals surface area contributed by atoms with Crippen LogP contribution in [0, 0.1) is 17.8 Å². The van der Waals surface area contributed by atoms with Gasteiger partial charge in [0.2, 0.25) is 0 Å². The average molecular weight is 390 g/mol. The molecular weight excluding hydrogens is 362 g/mol. The molecule has 2 fully saturated rings. The van der Waals surface area contributed by atoms with E-state index >= 15 is 0 Å². The molecule has 0 aromatic heterocycles. The van der Waals surface area contributed by atoms with Gasteiger partial charge in [0.05, 0.1) is 0 Å². The van der Waals surface area contributed by atoms with Crippen LogP contribution in [-0.4, -0.2) is 39.9 Å². The Labute approximate surface area is 166 Å². The van der Waals surface area contributed by atoms with Crippen molar-refractivity contribution in [3.05, 3.63) is 34.9 Å². The molecule has 5 heteroatoms. The van der Waals surface area contributed by atoms with E-state index in [1.807, 2.05) is 37.8 Å². The fraction of sp³-hybridized carbons (Fsp3) is 0.591. The fourth-order valence-corrected chi connectivity index (χ4v) is 4.38. The monoisotopic (exact) mass is 389 g/mol. The summed E-state index contributed by atoms with van der Waals surface area (Å²) in [4.78, 5) is 14.5. The topological polar surface area (TPSA) is 49.8 Å². The number of carbonyl (C=O) groups is 1. The molecule has 1 aromatic rings. The molecule has 4 nitrogen and oxygen atoms in total. The van der Waals surface area contributed by atoms with Gasteiger partial charge < -0.3 is 14.7 Å². The Kier molecular flexibility index (Phi) is 5.74. The minimum Gasteiger partial charge on any atom is -0.444 e. The summed E-state index contributed by atoms with van der Waals surface area (Å²) >= 11 is 6.03. The lowest BCUT2D eigenvalue weighted by Crippen LogP contribution is -2.58. The fourth-order valence-electron chi connectivity index (χ4n) is 4.19. The number of nitrogens with zero attached hydrogens (tertiary/aromatic N) is 1. The van der Waals surface area contributed by atoms with E-state index in [4.69, 9.17) is 16.3 Å². The molecule has 0 bridgehead atoms. The first-order valence-corrected chi connectivity index (χ1v) is 10.1. The van der Waals surface area contributed by atoms with E-state index in [0.717, 1.165) is 31.2 Å². The smallest absolute Gasteiger partial charge is 0.410 e. The highest BCUT2D eigenvalue weighted by molar-refractivity contribution is 6.30. The number of hydrogen-bond acceptors (Lipinski definition) is 3. The number of ether oxygens (including phenoxy) is 1. The lowest BCUT2D eigenvalue weighted by atomic mass is 9.68. The van der Waals surface area contributed by atoms with Gasteiger partial charge in [-0.25, -0.2) is 4.79 Å². The van der Waals surface area contributed by atoms with Crippen LogP contribution in [0.3, 0.4) is 0 Å². The van der Waals surface area contributed by atoms with Crippen molar-refractivity contribution in [1.82, 2.24) is 4.90 Å². The van der Waals surface area contributed by atoms with Crippen LogP contribution in [0.4, 0.5) is 4.79 Å². The van der Waals surface area contributed by atoms with Crippen molar-refractivity contribution in [2.45, 2.75) is 70.1 Å². The van der Waals surface area contributed by atoms with Gasteiger partial charge in [0.25, 0.3) is 0 Å². The minimum atomic E-state index is -1.09. The maximum Gasteiger partial charge on any atom is 0.410 e. The van der Waals surface area contributed by atoms with Crippen LogP contribution in [0.2, 0.25) is 5.02 Å². The van der Waals surface area contributed by atoms with E-state index in [1.54, 1.807) is 12.1 Å². The summed E-state index contributed by atoms with van der Waals surface area (Å²) in [5.41, 5.74) is -0.828. The molecule has 27 heavy (non-hydrogen) atoms. The van der Waals surface area contributed by atoms with E-state index < -0.39 is 11.2 Å². The Balaban J connectivity index is 1.82. The molecule has 146 valence electrons. The van der Waals surface area contributed by atoms with Crippen LogP contribution in [-0.2, 0) is 4.74 Å². The number of carbonyl (C=O) groups excluding carboxylic acids is 1. The highest BCUT2D eigenvalue weighted by atomic mass is 35.5. The molecule has 1 amide bonds. The maximum absolute atomic E-state index is 12.7. The van der Waals surface area contributed by atoms with E-state index in [0.29, 0.717) is 18.0 Å². The number of fused-ring (bicyclic) bond motifs is 1. The van der Waals surface area contributed by atoms with E-state index in [1.165, 1.54) is 0 Å². The predicted octanol–water partition coefficient (Wildman–Crippen LogP) is 4.62. The lowest BCUT2D eigenvalue weighted by Gasteiger charge is -2.49. The van der Waals surface area contributed by atoms with Crippen LogP contribution >= 0.6 is 11.6 Å². The molecule has 1 heterocycles. The first kappa shape index (κ1) is 20.0. The Morgan fingerprint density at radius 1 is 1.33 bits per heavy atom. The number of piperidine rings is 1. The van der Waals surface area contributed by atoms with Crippen LogP contribution in [0.15, 0.2) is 24.3 Å². The summed E-state index contributed by atoms with van der Waals surface area (Å²) in [6.45, 7) is 6.30. The molecule has 1 aliphatic heterocycles. The number of rotatable bonds is 0. The van der Waals surface area contributed by atoms with Gasteiger partial charge >= 0.3 is 6.09 Å². The van der Waals surface area contributed by atoms with E-state index in [2.05, 4.69) is 11.8 Å². The first-order chi connectivity index (χ1) is 12.7. The largest absolute Gasteiger partial charge is 0.444 e. The standard InChI is InChI=1S/C22H28ClNO3/c1-21(2,3)27-20(25)24-14-6-9-18-19(24)10-5-12-22(18,26)13-11-16-7-4-8-17(23)15-16/h4,7-8,15,18-19,26H,5-6,9-10,12,14H2,1-3H3. The van der Waals surface area contributed by atoms with Crippen molar-refractivity contribution in [3.63, 3.8) is 0 Å². The van der Waals surface area contributed by atoms with Crippen molar-refractivity contribution < 1.29 is 14.6 Å². The minimum absolute atomic E-state index is 0.0268. The van der Waals surface area contributed by atoms with Crippen LogP contribution in [0.1, 0.15) is 58.4 Å². The zero-order valence-corrected chi connectivity index (χ0v) is 17.1. The number of hydrogen-bond donors (Lipinski definition) is 1. The molecule has 3 rings (SSSR count). The third kappa shape index (κ3) is 4.78. The molecule has 1 N–H and O–H groups in total. The molecule has 1 aliphatic carbocycles. The van der Waals surface area contributed by atoms with Gasteiger partial charge in [-0.2, -0.15) is 0 Å². The van der Waals surface area contributed by atoms with E-state index in [9.17, 15) is 9.90 Å². The molecule has 3 unspecified atom stereocenters. The van der Waals surface area contributed by atoms with Gasteiger partial charge in [-0.15, -0.1) is 0 Å². The molecule has 0 radical (unpaired) electrons. The quantitative estimate of drug-likeness (QED) is 0.658. The second-order valence-electron chi connectivity index (χ2n) is 8.57. The Hall–Kier alpha value is -1.70. The van der Waals surface area contributed by atoms with Crippen LogP contribution in [0.25, 0.3) is 0 Å². The molecule has 0 spiro atoms. The van der Waals surface area contributed by atoms with Crippen LogP contribution < -0.4 is 0 Å². The van der Waals surface area contributed by atoms with Crippen molar-refractivity contribution in [2.75, 3.05) is 6.54 Å². The van der Waals surface area contributed by atoms with Gasteiger partial charge in [0, 0.05) is 29.1 Å². The summed E-state index contributed by atoms with van der Waals surface area (Å²) in [6, 6.07) is 7.31. The van der Waals surface area contributed by atoms with Crippen molar-refractivity contribution in [3.8, 4) is 11.8 Å². The zero-order valence-electron chi connectivity index (χ0n) is 16.3. The average Bonchev–Trinajstić information content (AvgIpc) is 2.59. The molecule has 3 atom stereocenters. The molecular formula is C22H28ClNO3. The second-order valence-corrected chi connectivity index (χ2v) is 9.00. The highest BCUT2D eigenvalue weighted by Crippen LogP contribution is 2.42. The number of benzene rings is 1. The number of aliphatic hydroxyl groups is 1. The number of amides is 1. The van der Waals surface area contributed by atoms with Crippen LogP contribution in [0.5, 0.6) is 0 Å². The zero-order chi connectivity index (χ0) is 19.7. The SMILES string of the molecule is CC(C)(C)OC(=O)N1CCCC2C1CCCC2(O)C#Cc1cccc(Cl)c1. The summed E-state index contributed by atoms with van der Waals surface area (Å²) < 4.78 is 5.59. The molecule has 2 aliphatic rings. The van der Waals surface area contributed by atoms with Crippen molar-refractivity contribution in [1.29, 1.82) is 0 Å². The van der Waals surface area contributed by atoms with Gasteiger partial charge in [-0.05, 0) is 71.1 Å². The molecule has 1 aromatic carbocycles. The van der Waals surface area contributed by atoms with Gasteiger partial charge in [0.15, 0.2) is 0 Å². The molecule has 1 saturated carbocycles. The predicted molar refractivity (Wildman–Crippen MR) is 107 cm³/mol. The number of halogens is 1.